The normalized spacial score (nSPS) is 10.3. The molecule has 0 aliphatic rings. The Morgan fingerprint density at radius 2 is 1.65 bits per heavy atom. The van der Waals surface area contributed by atoms with E-state index in [4.69, 9.17) is 34.8 Å². The fourth-order valence-electron chi connectivity index (χ4n) is 1.80. The van der Waals surface area contributed by atoms with Gasteiger partial charge < -0.3 is 5.32 Å². The highest BCUT2D eigenvalue weighted by Crippen LogP contribution is 2.25. The molecule has 5 heteroatoms. The van der Waals surface area contributed by atoms with Crippen LogP contribution in [-0.2, 0) is 11.2 Å². The third-order valence-electron chi connectivity index (χ3n) is 2.77. The first-order valence-corrected chi connectivity index (χ1v) is 7.18. The highest BCUT2D eigenvalue weighted by atomic mass is 35.5. The molecule has 104 valence electrons. The summed E-state index contributed by atoms with van der Waals surface area (Å²) in [6.45, 7) is 0. The molecule has 0 fully saturated rings. The van der Waals surface area contributed by atoms with Gasteiger partial charge in [-0.2, -0.15) is 0 Å². The second-order valence-electron chi connectivity index (χ2n) is 4.26. The lowest BCUT2D eigenvalue weighted by molar-refractivity contribution is -0.116. The number of anilines is 1. The molecule has 20 heavy (non-hydrogen) atoms. The number of amides is 1. The van der Waals surface area contributed by atoms with E-state index >= 15 is 0 Å². The Bertz CT molecular complexity index is 608. The lowest BCUT2D eigenvalue weighted by atomic mass is 10.1. The van der Waals surface area contributed by atoms with Gasteiger partial charge in [0.2, 0.25) is 5.91 Å². The highest BCUT2D eigenvalue weighted by Gasteiger charge is 2.09. The van der Waals surface area contributed by atoms with E-state index in [1.54, 1.807) is 42.5 Å². The number of hydrogen-bond acceptors (Lipinski definition) is 1. The van der Waals surface area contributed by atoms with Crippen LogP contribution >= 0.6 is 34.8 Å². The van der Waals surface area contributed by atoms with Crippen molar-refractivity contribution in [3.05, 3.63) is 63.1 Å². The van der Waals surface area contributed by atoms with Crippen LogP contribution in [0.2, 0.25) is 15.1 Å². The minimum Gasteiger partial charge on any atom is -0.326 e. The molecule has 0 radical (unpaired) electrons. The number of halogens is 3. The molecule has 2 rings (SSSR count). The summed E-state index contributed by atoms with van der Waals surface area (Å²) in [6, 6.07) is 12.3. The first-order chi connectivity index (χ1) is 9.56. The SMILES string of the molecule is O=C(CCc1c(Cl)cccc1Cl)Nc1cccc(Cl)c1. The third kappa shape index (κ3) is 4.14. The second-order valence-corrected chi connectivity index (χ2v) is 5.51. The summed E-state index contributed by atoms with van der Waals surface area (Å²) in [5, 5.41) is 4.52. The van der Waals surface area contributed by atoms with E-state index in [0.29, 0.717) is 33.6 Å². The topological polar surface area (TPSA) is 29.1 Å². The van der Waals surface area contributed by atoms with E-state index in [1.165, 1.54) is 0 Å². The molecule has 0 atom stereocenters. The minimum absolute atomic E-state index is 0.108. The van der Waals surface area contributed by atoms with E-state index in [2.05, 4.69) is 5.32 Å². The molecule has 0 saturated carbocycles. The monoisotopic (exact) mass is 327 g/mol. The molecule has 0 spiro atoms. The van der Waals surface area contributed by atoms with E-state index in [9.17, 15) is 4.79 Å². The Hall–Kier alpha value is -1.22. The zero-order valence-corrected chi connectivity index (χ0v) is 12.8. The summed E-state index contributed by atoms with van der Waals surface area (Å²) in [5.41, 5.74) is 1.46. The molecule has 0 unspecified atom stereocenters. The van der Waals surface area contributed by atoms with E-state index in [-0.39, 0.29) is 5.91 Å². The van der Waals surface area contributed by atoms with Crippen molar-refractivity contribution in [1.29, 1.82) is 0 Å². The molecule has 2 aromatic rings. The second kappa shape index (κ2) is 6.98. The van der Waals surface area contributed by atoms with Crippen molar-refractivity contribution in [2.45, 2.75) is 12.8 Å². The summed E-state index contributed by atoms with van der Waals surface area (Å²) < 4.78 is 0. The van der Waals surface area contributed by atoms with Gasteiger partial charge in [-0.1, -0.05) is 46.9 Å². The van der Waals surface area contributed by atoms with Crippen molar-refractivity contribution in [3.8, 4) is 0 Å². The summed E-state index contributed by atoms with van der Waals surface area (Å²) in [6.07, 6.45) is 0.793. The first-order valence-electron chi connectivity index (χ1n) is 6.04. The minimum atomic E-state index is -0.108. The quantitative estimate of drug-likeness (QED) is 0.819. The van der Waals surface area contributed by atoms with Crippen LogP contribution in [0.4, 0.5) is 5.69 Å². The standard InChI is InChI=1S/C15H12Cl3NO/c16-10-3-1-4-11(9-10)19-15(20)8-7-12-13(17)5-2-6-14(12)18/h1-6,9H,7-8H2,(H,19,20). The fraction of sp³-hybridized carbons (Fsp3) is 0.133. The number of nitrogens with one attached hydrogen (secondary N) is 1. The van der Waals surface area contributed by atoms with Gasteiger partial charge in [-0.25, -0.2) is 0 Å². The number of benzene rings is 2. The smallest absolute Gasteiger partial charge is 0.224 e. The first kappa shape index (κ1) is 15.2. The van der Waals surface area contributed by atoms with Crippen LogP contribution in [0.25, 0.3) is 0 Å². The lowest BCUT2D eigenvalue weighted by Crippen LogP contribution is -2.12. The Morgan fingerprint density at radius 3 is 2.30 bits per heavy atom. The maximum absolute atomic E-state index is 11.9. The molecule has 2 nitrogen and oxygen atoms in total. The number of carbonyl (C=O) groups excluding carboxylic acids is 1. The predicted molar refractivity (Wildman–Crippen MR) is 84.9 cm³/mol. The average molecular weight is 329 g/mol. The van der Waals surface area contributed by atoms with Crippen molar-refractivity contribution in [1.82, 2.24) is 0 Å². The van der Waals surface area contributed by atoms with Crippen molar-refractivity contribution in [2.75, 3.05) is 5.32 Å². The molecular formula is C15H12Cl3NO. The number of rotatable bonds is 4. The zero-order chi connectivity index (χ0) is 14.5. The highest BCUT2D eigenvalue weighted by molar-refractivity contribution is 6.36. The van der Waals surface area contributed by atoms with Gasteiger partial charge in [0.15, 0.2) is 0 Å². The Balaban J connectivity index is 1.96. The van der Waals surface area contributed by atoms with Crippen molar-refractivity contribution in [3.63, 3.8) is 0 Å². The van der Waals surface area contributed by atoms with Gasteiger partial charge in [-0.15, -0.1) is 0 Å². The van der Waals surface area contributed by atoms with Gasteiger partial charge >= 0.3 is 0 Å². The van der Waals surface area contributed by atoms with Crippen LogP contribution in [-0.4, -0.2) is 5.91 Å². The molecular weight excluding hydrogens is 317 g/mol. The van der Waals surface area contributed by atoms with Crippen LogP contribution in [0, 0.1) is 0 Å². The van der Waals surface area contributed by atoms with Gasteiger partial charge in [0.25, 0.3) is 0 Å². The van der Waals surface area contributed by atoms with Crippen molar-refractivity contribution in [2.24, 2.45) is 0 Å². The molecule has 0 aliphatic heterocycles. The fourth-order valence-corrected chi connectivity index (χ4v) is 2.58. The summed E-state index contributed by atoms with van der Waals surface area (Å²) in [4.78, 5) is 11.9. The molecule has 1 N–H and O–H groups in total. The zero-order valence-electron chi connectivity index (χ0n) is 10.5. The molecule has 0 aliphatic carbocycles. The Kier molecular flexibility index (Phi) is 5.30. The van der Waals surface area contributed by atoms with Crippen LogP contribution in [0.5, 0.6) is 0 Å². The van der Waals surface area contributed by atoms with Crippen LogP contribution in [0.15, 0.2) is 42.5 Å². The number of hydrogen-bond donors (Lipinski definition) is 1. The van der Waals surface area contributed by atoms with Crippen LogP contribution in [0.3, 0.4) is 0 Å². The molecule has 0 bridgehead atoms. The summed E-state index contributed by atoms with van der Waals surface area (Å²) in [7, 11) is 0. The predicted octanol–water partition coefficient (Wildman–Crippen LogP) is 5.22. The van der Waals surface area contributed by atoms with Crippen molar-refractivity contribution >= 4 is 46.4 Å². The van der Waals surface area contributed by atoms with Gasteiger partial charge in [0.05, 0.1) is 0 Å². The van der Waals surface area contributed by atoms with Gasteiger partial charge in [0, 0.05) is 27.2 Å². The molecule has 1 amide bonds. The molecule has 0 heterocycles. The van der Waals surface area contributed by atoms with Crippen LogP contribution < -0.4 is 5.32 Å². The number of carbonyl (C=O) groups is 1. The van der Waals surface area contributed by atoms with E-state index in [1.807, 2.05) is 0 Å². The maximum atomic E-state index is 11.9. The molecule has 0 saturated heterocycles. The van der Waals surface area contributed by atoms with Gasteiger partial charge in [-0.05, 0) is 42.3 Å². The van der Waals surface area contributed by atoms with E-state index in [0.717, 1.165) is 5.56 Å². The molecule has 0 aromatic heterocycles. The lowest BCUT2D eigenvalue weighted by Gasteiger charge is -2.08. The largest absolute Gasteiger partial charge is 0.326 e. The van der Waals surface area contributed by atoms with Gasteiger partial charge in [-0.3, -0.25) is 4.79 Å². The van der Waals surface area contributed by atoms with E-state index < -0.39 is 0 Å². The average Bonchev–Trinajstić information content (AvgIpc) is 2.38. The summed E-state index contributed by atoms with van der Waals surface area (Å²) >= 11 is 18.0. The van der Waals surface area contributed by atoms with Gasteiger partial charge in [0.1, 0.15) is 0 Å². The maximum Gasteiger partial charge on any atom is 0.224 e. The Morgan fingerprint density at radius 1 is 1.00 bits per heavy atom. The van der Waals surface area contributed by atoms with Crippen molar-refractivity contribution < 1.29 is 4.79 Å². The summed E-state index contributed by atoms with van der Waals surface area (Å²) in [5.74, 6) is -0.108. The third-order valence-corrected chi connectivity index (χ3v) is 3.72. The Labute approximate surface area is 132 Å². The van der Waals surface area contributed by atoms with Crippen LogP contribution in [0.1, 0.15) is 12.0 Å². The molecule has 2 aromatic carbocycles.